The van der Waals surface area contributed by atoms with Crippen molar-refractivity contribution in [1.29, 1.82) is 0 Å². The van der Waals surface area contributed by atoms with Crippen LogP contribution in [0.15, 0.2) is 0 Å². The van der Waals surface area contributed by atoms with E-state index in [1.165, 1.54) is 13.8 Å². The van der Waals surface area contributed by atoms with Crippen molar-refractivity contribution in [2.24, 2.45) is 5.73 Å². The number of amides is 1. The molecule has 0 atom stereocenters. The molecule has 60 valence electrons. The Morgan fingerprint density at radius 3 is 2.50 bits per heavy atom. The first kappa shape index (κ1) is 9.39. The highest BCUT2D eigenvalue weighted by Crippen LogP contribution is 2.02. The van der Waals surface area contributed by atoms with Crippen LogP contribution in [-0.2, 0) is 9.53 Å². The summed E-state index contributed by atoms with van der Waals surface area (Å²) in [6.45, 7) is 3.15. The van der Waals surface area contributed by atoms with Crippen molar-refractivity contribution < 1.29 is 14.6 Å². The Morgan fingerprint density at radius 1 is 1.70 bits per heavy atom. The van der Waals surface area contributed by atoms with Gasteiger partial charge in [0.05, 0.1) is 6.61 Å². The van der Waals surface area contributed by atoms with Gasteiger partial charge in [-0.25, -0.2) is 0 Å². The lowest BCUT2D eigenvalue weighted by atomic mass is 10.4. The minimum Gasteiger partial charge on any atom is -0.370 e. The molecule has 0 saturated carbocycles. The highest BCUT2D eigenvalue weighted by Gasteiger charge is 2.11. The van der Waals surface area contributed by atoms with Crippen LogP contribution in [0.5, 0.6) is 0 Å². The molecule has 0 aromatic rings. The fraction of sp³-hybridized carbons (Fsp3) is 0.833. The van der Waals surface area contributed by atoms with E-state index >= 15 is 0 Å². The van der Waals surface area contributed by atoms with Crippen LogP contribution in [0, 0.1) is 0 Å². The monoisotopic (exact) mass is 147 g/mol. The number of rotatable bonds is 4. The highest BCUT2D eigenvalue weighted by molar-refractivity contribution is 5.73. The van der Waals surface area contributed by atoms with Gasteiger partial charge in [-0.05, 0) is 13.8 Å². The van der Waals surface area contributed by atoms with Gasteiger partial charge in [-0.15, -0.1) is 0 Å². The Morgan fingerprint density at radius 2 is 2.20 bits per heavy atom. The molecule has 0 radical (unpaired) electrons. The van der Waals surface area contributed by atoms with E-state index in [1.807, 2.05) is 0 Å². The quantitative estimate of drug-likeness (QED) is 0.532. The van der Waals surface area contributed by atoms with Gasteiger partial charge in [0, 0.05) is 6.42 Å². The van der Waals surface area contributed by atoms with Gasteiger partial charge in [0.25, 0.3) is 0 Å². The van der Waals surface area contributed by atoms with Gasteiger partial charge in [-0.3, -0.25) is 4.79 Å². The average Bonchev–Trinajstić information content (AvgIpc) is 1.59. The predicted molar refractivity (Wildman–Crippen MR) is 36.1 cm³/mol. The maximum absolute atomic E-state index is 10.1. The molecular weight excluding hydrogens is 134 g/mol. The largest absolute Gasteiger partial charge is 0.370 e. The molecule has 0 rings (SSSR count). The molecule has 0 heterocycles. The first-order valence-corrected chi connectivity index (χ1v) is 3.06. The third-order valence-corrected chi connectivity index (χ3v) is 0.804. The van der Waals surface area contributed by atoms with Gasteiger partial charge in [-0.1, -0.05) is 0 Å². The molecule has 10 heavy (non-hydrogen) atoms. The molecule has 0 aliphatic rings. The lowest BCUT2D eigenvalue weighted by molar-refractivity contribution is -0.176. The Bertz CT molecular complexity index is 117. The van der Waals surface area contributed by atoms with E-state index in [9.17, 15) is 4.79 Å². The molecular formula is C6H13NO3. The molecule has 0 unspecified atom stereocenters. The summed E-state index contributed by atoms with van der Waals surface area (Å²) in [5.74, 6) is -1.60. The molecule has 0 aromatic heterocycles. The lowest BCUT2D eigenvalue weighted by Crippen LogP contribution is -2.25. The van der Waals surface area contributed by atoms with E-state index in [2.05, 4.69) is 0 Å². The molecule has 1 amide bonds. The van der Waals surface area contributed by atoms with Crippen LogP contribution >= 0.6 is 0 Å². The maximum Gasteiger partial charge on any atom is 0.219 e. The number of nitrogens with two attached hydrogens (primary N) is 1. The van der Waals surface area contributed by atoms with E-state index in [0.29, 0.717) is 0 Å². The van der Waals surface area contributed by atoms with Crippen LogP contribution in [0.3, 0.4) is 0 Å². The summed E-state index contributed by atoms with van der Waals surface area (Å²) in [7, 11) is 0. The summed E-state index contributed by atoms with van der Waals surface area (Å²) in [4.78, 5) is 10.1. The van der Waals surface area contributed by atoms with E-state index in [0.717, 1.165) is 0 Å². The summed E-state index contributed by atoms with van der Waals surface area (Å²) < 4.78 is 4.79. The maximum atomic E-state index is 10.1. The molecule has 4 nitrogen and oxygen atoms in total. The Kier molecular flexibility index (Phi) is 3.32. The van der Waals surface area contributed by atoms with Gasteiger partial charge in [0.2, 0.25) is 5.91 Å². The molecule has 0 aliphatic heterocycles. The Hall–Kier alpha value is -0.610. The fourth-order valence-electron chi connectivity index (χ4n) is 0.401. The Labute approximate surface area is 60.0 Å². The van der Waals surface area contributed by atoms with Crippen molar-refractivity contribution in [3.63, 3.8) is 0 Å². The summed E-state index contributed by atoms with van der Waals surface area (Å²) in [5.41, 5.74) is 4.82. The average molecular weight is 147 g/mol. The first-order chi connectivity index (χ1) is 4.42. The number of aliphatic hydroxyl groups is 1. The van der Waals surface area contributed by atoms with Crippen LogP contribution in [-0.4, -0.2) is 23.4 Å². The van der Waals surface area contributed by atoms with Crippen molar-refractivity contribution in [1.82, 2.24) is 0 Å². The second-order valence-corrected chi connectivity index (χ2v) is 2.51. The van der Waals surface area contributed by atoms with Crippen LogP contribution < -0.4 is 5.73 Å². The second kappa shape index (κ2) is 3.53. The third-order valence-electron chi connectivity index (χ3n) is 0.804. The van der Waals surface area contributed by atoms with Gasteiger partial charge < -0.3 is 15.6 Å². The van der Waals surface area contributed by atoms with Crippen LogP contribution in [0.1, 0.15) is 20.3 Å². The smallest absolute Gasteiger partial charge is 0.219 e. The molecule has 0 saturated heterocycles. The van der Waals surface area contributed by atoms with Crippen molar-refractivity contribution >= 4 is 5.91 Å². The van der Waals surface area contributed by atoms with Gasteiger partial charge in [0.15, 0.2) is 5.79 Å². The van der Waals surface area contributed by atoms with E-state index in [-0.39, 0.29) is 13.0 Å². The molecule has 0 bridgehead atoms. The number of ether oxygens (including phenoxy) is 1. The summed E-state index contributed by atoms with van der Waals surface area (Å²) >= 11 is 0. The van der Waals surface area contributed by atoms with Crippen molar-refractivity contribution in [3.8, 4) is 0 Å². The van der Waals surface area contributed by atoms with Crippen molar-refractivity contribution in [3.05, 3.63) is 0 Å². The van der Waals surface area contributed by atoms with E-state index in [4.69, 9.17) is 15.6 Å². The van der Waals surface area contributed by atoms with Crippen LogP contribution in [0.25, 0.3) is 0 Å². The Balaban J connectivity index is 3.29. The molecule has 0 aliphatic carbocycles. The zero-order valence-corrected chi connectivity index (χ0v) is 6.26. The second-order valence-electron chi connectivity index (χ2n) is 2.51. The highest BCUT2D eigenvalue weighted by atomic mass is 16.6. The SMILES string of the molecule is CC(C)(O)OCCC(N)=O. The number of primary amides is 1. The fourth-order valence-corrected chi connectivity index (χ4v) is 0.401. The number of carbonyl (C=O) groups is 1. The predicted octanol–water partition coefficient (Wildman–Crippen LogP) is -0.393. The van der Waals surface area contributed by atoms with Crippen molar-refractivity contribution in [2.75, 3.05) is 6.61 Å². The lowest BCUT2D eigenvalue weighted by Gasteiger charge is -2.16. The molecule has 3 N–H and O–H groups in total. The summed E-state index contributed by atoms with van der Waals surface area (Å²) in [5, 5.41) is 8.96. The van der Waals surface area contributed by atoms with E-state index < -0.39 is 11.7 Å². The van der Waals surface area contributed by atoms with E-state index in [1.54, 1.807) is 0 Å². The number of hydrogen-bond donors (Lipinski definition) is 2. The topological polar surface area (TPSA) is 72.6 Å². The first-order valence-electron chi connectivity index (χ1n) is 3.06. The minimum atomic E-state index is -1.17. The molecule has 0 fully saturated rings. The number of hydrogen-bond acceptors (Lipinski definition) is 3. The summed E-state index contributed by atoms with van der Waals surface area (Å²) in [6, 6.07) is 0. The van der Waals surface area contributed by atoms with Crippen LogP contribution in [0.4, 0.5) is 0 Å². The minimum absolute atomic E-state index is 0.143. The zero-order valence-electron chi connectivity index (χ0n) is 6.26. The van der Waals surface area contributed by atoms with Gasteiger partial charge in [-0.2, -0.15) is 0 Å². The van der Waals surface area contributed by atoms with Crippen molar-refractivity contribution in [2.45, 2.75) is 26.1 Å². The van der Waals surface area contributed by atoms with Gasteiger partial charge in [0.1, 0.15) is 0 Å². The van der Waals surface area contributed by atoms with Gasteiger partial charge >= 0.3 is 0 Å². The normalized spacial score (nSPS) is 11.5. The van der Waals surface area contributed by atoms with Crippen LogP contribution in [0.2, 0.25) is 0 Å². The zero-order chi connectivity index (χ0) is 8.20. The molecule has 4 heteroatoms. The molecule has 0 spiro atoms. The third kappa shape index (κ3) is 7.39. The molecule has 0 aromatic carbocycles. The standard InChI is InChI=1S/C6H13NO3/c1-6(2,9)10-4-3-5(7)8/h9H,3-4H2,1-2H3,(H2,7,8). The number of carbonyl (C=O) groups excluding carboxylic acids is 1. The summed E-state index contributed by atoms with van der Waals surface area (Å²) in [6.07, 6.45) is 0.143.